The van der Waals surface area contributed by atoms with Crippen LogP contribution in [-0.2, 0) is 0 Å². The number of nitrogens with one attached hydrogen (secondary N) is 1. The van der Waals surface area contributed by atoms with E-state index in [0.29, 0.717) is 5.56 Å². The molecule has 1 unspecified atom stereocenters. The van der Waals surface area contributed by atoms with Gasteiger partial charge in [0.05, 0.1) is 11.7 Å². The van der Waals surface area contributed by atoms with Gasteiger partial charge in [-0.25, -0.2) is 4.68 Å². The van der Waals surface area contributed by atoms with Crippen molar-refractivity contribution in [2.24, 2.45) is 0 Å². The molecule has 1 atom stereocenters. The number of rotatable bonds is 4. The molecule has 0 fully saturated rings. The number of amides is 1. The van der Waals surface area contributed by atoms with Gasteiger partial charge in [0.2, 0.25) is 0 Å². The Labute approximate surface area is 140 Å². The molecule has 122 valence electrons. The standard InChI is InChI=1S/C18H19N5O/c1-12-4-9-17(13(2)10-12)14(3)20-18(24)15-5-7-16(8-6-15)23-11-19-21-22-23/h4-11,14H,1-3H3,(H,20,24). The number of aromatic nitrogens is 4. The first-order valence-electron chi connectivity index (χ1n) is 7.76. The second kappa shape index (κ2) is 6.62. The number of benzene rings is 2. The van der Waals surface area contributed by atoms with Gasteiger partial charge in [0, 0.05) is 5.56 Å². The van der Waals surface area contributed by atoms with Crippen LogP contribution < -0.4 is 5.32 Å². The molecule has 0 saturated carbocycles. The summed E-state index contributed by atoms with van der Waals surface area (Å²) >= 11 is 0. The third-order valence-electron chi connectivity index (χ3n) is 3.98. The summed E-state index contributed by atoms with van der Waals surface area (Å²) in [5, 5.41) is 14.1. The maximum atomic E-state index is 12.4. The van der Waals surface area contributed by atoms with Crippen LogP contribution in [0.5, 0.6) is 0 Å². The highest BCUT2D eigenvalue weighted by Crippen LogP contribution is 2.19. The highest BCUT2D eigenvalue weighted by Gasteiger charge is 2.13. The molecule has 1 heterocycles. The Balaban J connectivity index is 1.72. The van der Waals surface area contributed by atoms with Crippen LogP contribution in [0.3, 0.4) is 0 Å². The van der Waals surface area contributed by atoms with Crippen LogP contribution >= 0.6 is 0 Å². The van der Waals surface area contributed by atoms with Crippen LogP contribution in [0, 0.1) is 13.8 Å². The summed E-state index contributed by atoms with van der Waals surface area (Å²) in [4.78, 5) is 12.4. The SMILES string of the molecule is Cc1ccc(C(C)NC(=O)c2ccc(-n3cnnn3)cc2)c(C)c1. The zero-order valence-corrected chi connectivity index (χ0v) is 13.9. The summed E-state index contributed by atoms with van der Waals surface area (Å²) in [6.07, 6.45) is 1.51. The number of nitrogens with zero attached hydrogens (tertiary/aromatic N) is 4. The van der Waals surface area contributed by atoms with Crippen molar-refractivity contribution in [2.45, 2.75) is 26.8 Å². The number of hydrogen-bond acceptors (Lipinski definition) is 4. The Morgan fingerprint density at radius 2 is 1.88 bits per heavy atom. The van der Waals surface area contributed by atoms with Crippen molar-refractivity contribution in [3.63, 3.8) is 0 Å². The lowest BCUT2D eigenvalue weighted by molar-refractivity contribution is 0.0940. The Morgan fingerprint density at radius 3 is 2.50 bits per heavy atom. The second-order valence-corrected chi connectivity index (χ2v) is 5.86. The van der Waals surface area contributed by atoms with Crippen molar-refractivity contribution in [3.05, 3.63) is 71.0 Å². The van der Waals surface area contributed by atoms with E-state index in [9.17, 15) is 4.79 Å². The maximum absolute atomic E-state index is 12.4. The van der Waals surface area contributed by atoms with E-state index in [0.717, 1.165) is 11.3 Å². The van der Waals surface area contributed by atoms with Crippen molar-refractivity contribution < 1.29 is 4.79 Å². The number of tetrazole rings is 1. The average molecular weight is 321 g/mol. The number of aryl methyl sites for hydroxylation is 2. The number of carbonyl (C=O) groups is 1. The third kappa shape index (κ3) is 3.32. The Morgan fingerprint density at radius 1 is 1.12 bits per heavy atom. The summed E-state index contributed by atoms with van der Waals surface area (Å²) in [5.41, 5.74) is 4.92. The minimum absolute atomic E-state index is 0.0581. The van der Waals surface area contributed by atoms with Crippen molar-refractivity contribution in [2.75, 3.05) is 0 Å². The third-order valence-corrected chi connectivity index (χ3v) is 3.98. The van der Waals surface area contributed by atoms with E-state index in [1.54, 1.807) is 16.8 Å². The lowest BCUT2D eigenvalue weighted by atomic mass is 10.00. The Bertz CT molecular complexity index is 840. The largest absolute Gasteiger partial charge is 0.346 e. The molecule has 3 aromatic rings. The summed E-state index contributed by atoms with van der Waals surface area (Å²) < 4.78 is 1.54. The topological polar surface area (TPSA) is 72.7 Å². The molecule has 2 aromatic carbocycles. The van der Waals surface area contributed by atoms with Gasteiger partial charge in [0.25, 0.3) is 5.91 Å². The van der Waals surface area contributed by atoms with E-state index in [-0.39, 0.29) is 11.9 Å². The molecule has 3 rings (SSSR count). The van der Waals surface area contributed by atoms with Gasteiger partial charge in [-0.15, -0.1) is 5.10 Å². The van der Waals surface area contributed by atoms with Gasteiger partial charge in [-0.3, -0.25) is 4.79 Å². The van der Waals surface area contributed by atoms with E-state index in [1.165, 1.54) is 17.5 Å². The fraction of sp³-hybridized carbons (Fsp3) is 0.222. The molecule has 0 aliphatic rings. The van der Waals surface area contributed by atoms with Crippen molar-refractivity contribution in [3.8, 4) is 5.69 Å². The van der Waals surface area contributed by atoms with Crippen LogP contribution in [0.4, 0.5) is 0 Å². The van der Waals surface area contributed by atoms with E-state index in [4.69, 9.17) is 0 Å². The van der Waals surface area contributed by atoms with Gasteiger partial charge in [-0.1, -0.05) is 23.8 Å². The molecule has 6 heteroatoms. The van der Waals surface area contributed by atoms with Crippen LogP contribution in [0.25, 0.3) is 5.69 Å². The van der Waals surface area contributed by atoms with E-state index in [1.807, 2.05) is 19.1 Å². The molecule has 1 amide bonds. The number of carbonyl (C=O) groups excluding carboxylic acids is 1. The minimum Gasteiger partial charge on any atom is -0.346 e. The summed E-state index contributed by atoms with van der Waals surface area (Å²) in [5.74, 6) is -0.106. The minimum atomic E-state index is -0.106. The molecule has 1 N–H and O–H groups in total. The molecule has 0 saturated heterocycles. The highest BCUT2D eigenvalue weighted by molar-refractivity contribution is 5.94. The van der Waals surface area contributed by atoms with Gasteiger partial charge in [0.15, 0.2) is 0 Å². The predicted octanol–water partition coefficient (Wildman–Crippen LogP) is 2.77. The first kappa shape index (κ1) is 15.9. The van der Waals surface area contributed by atoms with Gasteiger partial charge in [-0.05, 0) is 66.6 Å². The predicted molar refractivity (Wildman–Crippen MR) is 91.0 cm³/mol. The zero-order valence-electron chi connectivity index (χ0n) is 13.9. The first-order chi connectivity index (χ1) is 11.5. The van der Waals surface area contributed by atoms with Gasteiger partial charge in [0.1, 0.15) is 6.33 Å². The monoisotopic (exact) mass is 321 g/mol. The summed E-state index contributed by atoms with van der Waals surface area (Å²) in [6, 6.07) is 13.3. The summed E-state index contributed by atoms with van der Waals surface area (Å²) in [7, 11) is 0. The van der Waals surface area contributed by atoms with Crippen molar-refractivity contribution >= 4 is 5.91 Å². The normalized spacial score (nSPS) is 12.0. The fourth-order valence-corrected chi connectivity index (χ4v) is 2.71. The molecule has 0 bridgehead atoms. The van der Waals surface area contributed by atoms with Gasteiger partial charge in [-0.2, -0.15) is 0 Å². The van der Waals surface area contributed by atoms with E-state index < -0.39 is 0 Å². The molecular formula is C18H19N5O. The molecule has 0 aliphatic carbocycles. The van der Waals surface area contributed by atoms with Crippen molar-refractivity contribution in [1.29, 1.82) is 0 Å². The maximum Gasteiger partial charge on any atom is 0.251 e. The lowest BCUT2D eigenvalue weighted by Crippen LogP contribution is -2.27. The van der Waals surface area contributed by atoms with Crippen LogP contribution in [-0.4, -0.2) is 26.1 Å². The first-order valence-corrected chi connectivity index (χ1v) is 7.76. The highest BCUT2D eigenvalue weighted by atomic mass is 16.1. The van der Waals surface area contributed by atoms with Gasteiger partial charge < -0.3 is 5.32 Å². The smallest absolute Gasteiger partial charge is 0.251 e. The van der Waals surface area contributed by atoms with E-state index >= 15 is 0 Å². The molecule has 0 radical (unpaired) electrons. The second-order valence-electron chi connectivity index (χ2n) is 5.86. The van der Waals surface area contributed by atoms with Crippen molar-refractivity contribution in [1.82, 2.24) is 25.5 Å². The van der Waals surface area contributed by atoms with Crippen LogP contribution in [0.15, 0.2) is 48.8 Å². The number of hydrogen-bond donors (Lipinski definition) is 1. The molecule has 0 spiro atoms. The Kier molecular flexibility index (Phi) is 4.37. The molecule has 1 aromatic heterocycles. The lowest BCUT2D eigenvalue weighted by Gasteiger charge is -2.17. The van der Waals surface area contributed by atoms with Gasteiger partial charge >= 0.3 is 0 Å². The molecule has 0 aliphatic heterocycles. The van der Waals surface area contributed by atoms with E-state index in [2.05, 4.69) is 52.9 Å². The average Bonchev–Trinajstić information content (AvgIpc) is 3.09. The quantitative estimate of drug-likeness (QED) is 0.802. The van der Waals surface area contributed by atoms with Crippen LogP contribution in [0.1, 0.15) is 40.0 Å². The molecule has 24 heavy (non-hydrogen) atoms. The summed E-state index contributed by atoms with van der Waals surface area (Å²) in [6.45, 7) is 6.11. The fourth-order valence-electron chi connectivity index (χ4n) is 2.71. The molecule has 6 nitrogen and oxygen atoms in total. The molecular weight excluding hydrogens is 302 g/mol. The van der Waals surface area contributed by atoms with Crippen LogP contribution in [0.2, 0.25) is 0 Å². The Hall–Kier alpha value is -3.02. The zero-order chi connectivity index (χ0) is 17.1.